The van der Waals surface area contributed by atoms with Gasteiger partial charge in [-0.1, -0.05) is 44.2 Å². The predicted octanol–water partition coefficient (Wildman–Crippen LogP) is 3.10. The number of hydrogen-bond acceptors (Lipinski definition) is 3. The lowest BCUT2D eigenvalue weighted by atomic mass is 10.0. The van der Waals surface area contributed by atoms with Gasteiger partial charge in [0, 0.05) is 23.7 Å². The minimum Gasteiger partial charge on any atom is -0.377 e. The maximum Gasteiger partial charge on any atom is 0.225 e. The number of benzene rings is 1. The molecule has 0 saturated carbocycles. The van der Waals surface area contributed by atoms with Crippen LogP contribution in [0.5, 0.6) is 0 Å². The highest BCUT2D eigenvalue weighted by atomic mass is 16.5. The standard InChI is InChI=1S/C20H27N3O2/c1-14(2)20(24)22-10-11-25-13-18(22)19-15(3)21-23(16(19)4)12-17-8-6-5-7-9-17/h5-9,14,18H,10-13H2,1-4H3. The van der Waals surface area contributed by atoms with Crippen LogP contribution in [0.3, 0.4) is 0 Å². The second kappa shape index (κ2) is 7.40. The Kier molecular flexibility index (Phi) is 5.23. The largest absolute Gasteiger partial charge is 0.377 e. The summed E-state index contributed by atoms with van der Waals surface area (Å²) in [6.45, 7) is 10.5. The van der Waals surface area contributed by atoms with Gasteiger partial charge in [-0.05, 0) is 19.4 Å². The third-order valence-electron chi connectivity index (χ3n) is 4.85. The fourth-order valence-corrected chi connectivity index (χ4v) is 3.54. The zero-order chi connectivity index (χ0) is 18.0. The first kappa shape index (κ1) is 17.7. The Hall–Kier alpha value is -2.14. The molecule has 25 heavy (non-hydrogen) atoms. The molecule has 0 aliphatic carbocycles. The van der Waals surface area contributed by atoms with Crippen molar-refractivity contribution >= 4 is 5.91 Å². The number of ether oxygens (including phenoxy) is 1. The normalized spacial score (nSPS) is 18.0. The van der Waals surface area contributed by atoms with E-state index in [-0.39, 0.29) is 17.9 Å². The van der Waals surface area contributed by atoms with E-state index < -0.39 is 0 Å². The van der Waals surface area contributed by atoms with E-state index in [0.717, 1.165) is 23.5 Å². The zero-order valence-electron chi connectivity index (χ0n) is 15.5. The van der Waals surface area contributed by atoms with Crippen molar-refractivity contribution in [3.63, 3.8) is 0 Å². The average Bonchev–Trinajstić information content (AvgIpc) is 2.88. The number of carbonyl (C=O) groups excluding carboxylic acids is 1. The first-order valence-electron chi connectivity index (χ1n) is 8.95. The van der Waals surface area contributed by atoms with Crippen LogP contribution in [0, 0.1) is 19.8 Å². The van der Waals surface area contributed by atoms with Gasteiger partial charge in [0.05, 0.1) is 31.5 Å². The van der Waals surface area contributed by atoms with E-state index in [1.54, 1.807) is 0 Å². The van der Waals surface area contributed by atoms with Crippen molar-refractivity contribution < 1.29 is 9.53 Å². The molecule has 1 saturated heterocycles. The van der Waals surface area contributed by atoms with E-state index in [2.05, 4.69) is 19.1 Å². The molecular formula is C20H27N3O2. The SMILES string of the molecule is Cc1nn(Cc2ccccc2)c(C)c1C1COCCN1C(=O)C(C)C. The fraction of sp³-hybridized carbons (Fsp3) is 0.500. The lowest BCUT2D eigenvalue weighted by Gasteiger charge is -2.37. The van der Waals surface area contributed by atoms with Crippen LogP contribution < -0.4 is 0 Å². The molecule has 1 aliphatic rings. The first-order chi connectivity index (χ1) is 12.0. The van der Waals surface area contributed by atoms with E-state index in [1.807, 2.05) is 48.6 Å². The van der Waals surface area contributed by atoms with Crippen molar-refractivity contribution in [2.45, 2.75) is 40.3 Å². The van der Waals surface area contributed by atoms with Crippen molar-refractivity contribution in [3.05, 3.63) is 52.8 Å². The van der Waals surface area contributed by atoms with Gasteiger partial charge in [0.15, 0.2) is 0 Å². The van der Waals surface area contributed by atoms with Crippen LogP contribution in [0.25, 0.3) is 0 Å². The van der Waals surface area contributed by atoms with Crippen LogP contribution in [0.4, 0.5) is 0 Å². The molecule has 1 unspecified atom stereocenters. The minimum atomic E-state index is -0.0480. The molecule has 134 valence electrons. The quantitative estimate of drug-likeness (QED) is 0.858. The molecule has 5 heteroatoms. The molecule has 0 radical (unpaired) electrons. The molecule has 2 aromatic rings. The Morgan fingerprint density at radius 3 is 2.68 bits per heavy atom. The number of rotatable bonds is 4. The summed E-state index contributed by atoms with van der Waals surface area (Å²) < 4.78 is 7.74. The second-order valence-electron chi connectivity index (χ2n) is 7.00. The van der Waals surface area contributed by atoms with Crippen LogP contribution in [-0.4, -0.2) is 40.3 Å². The summed E-state index contributed by atoms with van der Waals surface area (Å²) in [4.78, 5) is 14.6. The van der Waals surface area contributed by atoms with Crippen molar-refractivity contribution in [1.82, 2.24) is 14.7 Å². The van der Waals surface area contributed by atoms with Gasteiger partial charge in [-0.3, -0.25) is 9.48 Å². The minimum absolute atomic E-state index is 0.0134. The molecule has 1 amide bonds. The van der Waals surface area contributed by atoms with E-state index >= 15 is 0 Å². The number of carbonyl (C=O) groups is 1. The molecule has 1 fully saturated rings. The van der Waals surface area contributed by atoms with E-state index in [1.165, 1.54) is 5.56 Å². The Morgan fingerprint density at radius 1 is 1.28 bits per heavy atom. The summed E-state index contributed by atoms with van der Waals surface area (Å²) in [5.74, 6) is 0.170. The lowest BCUT2D eigenvalue weighted by Crippen LogP contribution is -2.45. The third kappa shape index (κ3) is 3.61. The topological polar surface area (TPSA) is 47.4 Å². The zero-order valence-corrected chi connectivity index (χ0v) is 15.5. The Bertz CT molecular complexity index is 737. The summed E-state index contributed by atoms with van der Waals surface area (Å²) in [5, 5.41) is 4.74. The second-order valence-corrected chi connectivity index (χ2v) is 7.00. The summed E-state index contributed by atoms with van der Waals surface area (Å²) in [7, 11) is 0. The van der Waals surface area contributed by atoms with Gasteiger partial charge >= 0.3 is 0 Å². The lowest BCUT2D eigenvalue weighted by molar-refractivity contribution is -0.143. The highest BCUT2D eigenvalue weighted by molar-refractivity contribution is 5.78. The molecule has 1 aromatic carbocycles. The Labute approximate surface area is 149 Å². The van der Waals surface area contributed by atoms with Crippen molar-refractivity contribution in [2.75, 3.05) is 19.8 Å². The summed E-state index contributed by atoms with van der Waals surface area (Å²) >= 11 is 0. The van der Waals surface area contributed by atoms with Crippen LogP contribution in [0.1, 0.15) is 42.4 Å². The number of hydrogen-bond donors (Lipinski definition) is 0. The van der Waals surface area contributed by atoms with E-state index in [0.29, 0.717) is 19.8 Å². The molecule has 0 N–H and O–H groups in total. The molecule has 0 spiro atoms. The predicted molar refractivity (Wildman–Crippen MR) is 97.4 cm³/mol. The van der Waals surface area contributed by atoms with Crippen molar-refractivity contribution in [1.29, 1.82) is 0 Å². The first-order valence-corrected chi connectivity index (χ1v) is 8.95. The van der Waals surface area contributed by atoms with Gasteiger partial charge in [-0.2, -0.15) is 5.10 Å². The Morgan fingerprint density at radius 2 is 2.00 bits per heavy atom. The molecule has 3 rings (SSSR count). The monoisotopic (exact) mass is 341 g/mol. The molecule has 2 heterocycles. The van der Waals surface area contributed by atoms with Crippen LogP contribution in [0.15, 0.2) is 30.3 Å². The van der Waals surface area contributed by atoms with Gasteiger partial charge in [0.2, 0.25) is 5.91 Å². The summed E-state index contributed by atoms with van der Waals surface area (Å²) in [6, 6.07) is 10.3. The van der Waals surface area contributed by atoms with Crippen molar-refractivity contribution in [2.24, 2.45) is 5.92 Å². The number of aromatic nitrogens is 2. The molecule has 5 nitrogen and oxygen atoms in total. The van der Waals surface area contributed by atoms with Gasteiger partial charge in [0.25, 0.3) is 0 Å². The molecule has 1 atom stereocenters. The Balaban J connectivity index is 1.92. The maximum atomic E-state index is 12.6. The van der Waals surface area contributed by atoms with E-state index in [9.17, 15) is 4.79 Å². The number of amides is 1. The molecule has 1 aromatic heterocycles. The van der Waals surface area contributed by atoms with Crippen molar-refractivity contribution in [3.8, 4) is 0 Å². The average molecular weight is 341 g/mol. The summed E-state index contributed by atoms with van der Waals surface area (Å²) in [6.07, 6.45) is 0. The summed E-state index contributed by atoms with van der Waals surface area (Å²) in [5.41, 5.74) is 4.43. The highest BCUT2D eigenvalue weighted by Crippen LogP contribution is 2.30. The van der Waals surface area contributed by atoms with E-state index in [4.69, 9.17) is 9.84 Å². The molecule has 0 bridgehead atoms. The van der Waals surface area contributed by atoms with Gasteiger partial charge in [-0.15, -0.1) is 0 Å². The van der Waals surface area contributed by atoms with Gasteiger partial charge in [0.1, 0.15) is 0 Å². The van der Waals surface area contributed by atoms with Crippen LogP contribution in [-0.2, 0) is 16.1 Å². The third-order valence-corrected chi connectivity index (χ3v) is 4.85. The van der Waals surface area contributed by atoms with Crippen LogP contribution >= 0.6 is 0 Å². The molecular weight excluding hydrogens is 314 g/mol. The van der Waals surface area contributed by atoms with Gasteiger partial charge < -0.3 is 9.64 Å². The maximum absolute atomic E-state index is 12.6. The highest BCUT2D eigenvalue weighted by Gasteiger charge is 2.33. The van der Waals surface area contributed by atoms with Crippen LogP contribution in [0.2, 0.25) is 0 Å². The number of nitrogens with zero attached hydrogens (tertiary/aromatic N) is 3. The number of morpholine rings is 1. The smallest absolute Gasteiger partial charge is 0.225 e. The number of aryl methyl sites for hydroxylation is 1. The van der Waals surface area contributed by atoms with Gasteiger partial charge in [-0.25, -0.2) is 0 Å². The molecule has 1 aliphatic heterocycles. The fourth-order valence-electron chi connectivity index (χ4n) is 3.54.